The topological polar surface area (TPSA) is 89.0 Å². The van der Waals surface area contributed by atoms with Crippen LogP contribution in [0.25, 0.3) is 0 Å². The molecule has 2 N–H and O–H groups in total. The van der Waals surface area contributed by atoms with Crippen LogP contribution in [0.2, 0.25) is 0 Å². The first-order chi connectivity index (χ1) is 13.2. The molecule has 0 amide bonds. The van der Waals surface area contributed by atoms with Crippen LogP contribution in [-0.4, -0.2) is 59.3 Å². The molecule has 0 spiro atoms. The third kappa shape index (κ3) is 13.7. The zero-order valence-electron chi connectivity index (χ0n) is 18.1. The molecular formula is C20H36IN3O4S. The standard InChI is InChI=1S/C20H35N3O4S.HI/c1-6-21-20(22-11-12-26-13-14-28(5,24)25)23-17(4)18-7-9-19(10-8-18)27-15-16(2)3;/h7-10,16-17H,6,11-15H2,1-5H3,(H2,21,22,23);1H. The molecule has 1 rings (SSSR count). The van der Waals surface area contributed by atoms with Crippen molar-refractivity contribution in [2.75, 3.05) is 44.9 Å². The van der Waals surface area contributed by atoms with Crippen LogP contribution < -0.4 is 15.4 Å². The van der Waals surface area contributed by atoms with Gasteiger partial charge in [0.2, 0.25) is 0 Å². The van der Waals surface area contributed by atoms with Crippen molar-refractivity contribution in [2.45, 2.75) is 33.7 Å². The molecule has 1 aromatic rings. The minimum atomic E-state index is -2.99. The van der Waals surface area contributed by atoms with E-state index in [0.717, 1.165) is 17.9 Å². The summed E-state index contributed by atoms with van der Waals surface area (Å²) in [6, 6.07) is 8.13. The van der Waals surface area contributed by atoms with Crippen molar-refractivity contribution in [1.82, 2.24) is 10.6 Å². The first kappa shape index (κ1) is 27.9. The zero-order chi connectivity index (χ0) is 21.0. The molecule has 1 aromatic carbocycles. The van der Waals surface area contributed by atoms with Crippen LogP contribution in [0.3, 0.4) is 0 Å². The second-order valence-corrected chi connectivity index (χ2v) is 9.40. The van der Waals surface area contributed by atoms with Crippen LogP contribution in [0.1, 0.15) is 39.3 Å². The van der Waals surface area contributed by atoms with Gasteiger partial charge in [-0.3, -0.25) is 4.99 Å². The number of aliphatic imine (C=N–C) groups is 1. The lowest BCUT2D eigenvalue weighted by Crippen LogP contribution is -2.39. The van der Waals surface area contributed by atoms with Gasteiger partial charge < -0.3 is 20.1 Å². The Bertz CT molecular complexity index is 694. The molecule has 0 aliphatic rings. The monoisotopic (exact) mass is 541 g/mol. The smallest absolute Gasteiger partial charge is 0.191 e. The molecule has 168 valence electrons. The van der Waals surface area contributed by atoms with Crippen LogP contribution in [0, 0.1) is 5.92 Å². The predicted molar refractivity (Wildman–Crippen MR) is 130 cm³/mol. The molecular weight excluding hydrogens is 505 g/mol. The Kier molecular flexibility index (Phi) is 14.3. The number of hydrogen-bond donors (Lipinski definition) is 2. The quantitative estimate of drug-likeness (QED) is 0.183. The number of hydrogen-bond acceptors (Lipinski definition) is 5. The van der Waals surface area contributed by atoms with Crippen molar-refractivity contribution < 1.29 is 17.9 Å². The van der Waals surface area contributed by atoms with Gasteiger partial charge in [0.15, 0.2) is 5.96 Å². The molecule has 0 radical (unpaired) electrons. The molecule has 0 saturated carbocycles. The highest BCUT2D eigenvalue weighted by Crippen LogP contribution is 2.18. The van der Waals surface area contributed by atoms with E-state index in [-0.39, 0.29) is 42.4 Å². The van der Waals surface area contributed by atoms with Crippen molar-refractivity contribution in [3.8, 4) is 5.75 Å². The Hall–Kier alpha value is -1.07. The summed E-state index contributed by atoms with van der Waals surface area (Å²) in [4.78, 5) is 4.47. The Balaban J connectivity index is 0.00000784. The molecule has 0 aliphatic carbocycles. The molecule has 1 atom stereocenters. The Morgan fingerprint density at radius 3 is 2.34 bits per heavy atom. The van der Waals surface area contributed by atoms with E-state index < -0.39 is 9.84 Å². The van der Waals surface area contributed by atoms with E-state index in [1.165, 1.54) is 6.26 Å². The maximum absolute atomic E-state index is 11.1. The van der Waals surface area contributed by atoms with Crippen LogP contribution in [-0.2, 0) is 14.6 Å². The van der Waals surface area contributed by atoms with Crippen LogP contribution >= 0.6 is 24.0 Å². The minimum absolute atomic E-state index is 0. The molecule has 0 fully saturated rings. The fourth-order valence-corrected chi connectivity index (χ4v) is 2.68. The van der Waals surface area contributed by atoms with Gasteiger partial charge in [0.25, 0.3) is 0 Å². The van der Waals surface area contributed by atoms with Gasteiger partial charge in [-0.15, -0.1) is 24.0 Å². The number of nitrogens with zero attached hydrogens (tertiary/aromatic N) is 1. The summed E-state index contributed by atoms with van der Waals surface area (Å²) >= 11 is 0. The van der Waals surface area contributed by atoms with E-state index >= 15 is 0 Å². The van der Waals surface area contributed by atoms with Crippen molar-refractivity contribution in [1.29, 1.82) is 0 Å². The first-order valence-electron chi connectivity index (χ1n) is 9.74. The van der Waals surface area contributed by atoms with Crippen LogP contribution in [0.5, 0.6) is 5.75 Å². The second kappa shape index (κ2) is 14.8. The Morgan fingerprint density at radius 1 is 1.14 bits per heavy atom. The van der Waals surface area contributed by atoms with Gasteiger partial charge in [0.05, 0.1) is 38.2 Å². The SMILES string of the molecule is CCNC(=NCCOCCS(C)(=O)=O)NC(C)c1ccc(OCC(C)C)cc1.I. The zero-order valence-corrected chi connectivity index (χ0v) is 21.3. The Labute approximate surface area is 193 Å². The molecule has 0 bridgehead atoms. The average Bonchev–Trinajstić information content (AvgIpc) is 2.62. The highest BCUT2D eigenvalue weighted by Gasteiger charge is 2.08. The summed E-state index contributed by atoms with van der Waals surface area (Å²) < 4.78 is 33.2. The van der Waals surface area contributed by atoms with E-state index in [2.05, 4.69) is 36.4 Å². The molecule has 1 unspecified atom stereocenters. The summed E-state index contributed by atoms with van der Waals surface area (Å²) in [5.41, 5.74) is 1.13. The Morgan fingerprint density at radius 2 is 1.79 bits per heavy atom. The predicted octanol–water partition coefficient (Wildman–Crippen LogP) is 3.02. The van der Waals surface area contributed by atoms with Gasteiger partial charge in [-0.05, 0) is 37.5 Å². The maximum Gasteiger partial charge on any atom is 0.191 e. The summed E-state index contributed by atoms with van der Waals surface area (Å²) in [7, 11) is -2.99. The average molecular weight is 541 g/mol. The molecule has 0 heterocycles. The van der Waals surface area contributed by atoms with Crippen LogP contribution in [0.15, 0.2) is 29.3 Å². The fourth-order valence-electron chi connectivity index (χ4n) is 2.26. The highest BCUT2D eigenvalue weighted by molar-refractivity contribution is 14.0. The van der Waals surface area contributed by atoms with E-state index in [1.54, 1.807) is 0 Å². The van der Waals surface area contributed by atoms with E-state index in [9.17, 15) is 8.42 Å². The summed E-state index contributed by atoms with van der Waals surface area (Å²) in [5.74, 6) is 2.09. The first-order valence-corrected chi connectivity index (χ1v) is 11.8. The van der Waals surface area contributed by atoms with E-state index in [4.69, 9.17) is 9.47 Å². The van der Waals surface area contributed by atoms with Crippen molar-refractivity contribution in [2.24, 2.45) is 10.9 Å². The molecule has 0 aromatic heterocycles. The van der Waals surface area contributed by atoms with Gasteiger partial charge in [-0.1, -0.05) is 26.0 Å². The van der Waals surface area contributed by atoms with E-state index in [1.807, 2.05) is 31.2 Å². The molecule has 9 heteroatoms. The number of ether oxygens (including phenoxy) is 2. The number of halogens is 1. The molecule has 29 heavy (non-hydrogen) atoms. The van der Waals surface area contributed by atoms with Crippen molar-refractivity contribution in [3.05, 3.63) is 29.8 Å². The van der Waals surface area contributed by atoms with Gasteiger partial charge in [0.1, 0.15) is 15.6 Å². The number of benzene rings is 1. The molecule has 0 aliphatic heterocycles. The van der Waals surface area contributed by atoms with E-state index in [0.29, 0.717) is 31.6 Å². The number of sulfone groups is 1. The lowest BCUT2D eigenvalue weighted by molar-refractivity contribution is 0.157. The number of rotatable bonds is 12. The van der Waals surface area contributed by atoms with Crippen LogP contribution in [0.4, 0.5) is 0 Å². The maximum atomic E-state index is 11.1. The van der Waals surface area contributed by atoms with Gasteiger partial charge in [0, 0.05) is 12.8 Å². The summed E-state index contributed by atoms with van der Waals surface area (Å²) in [6.07, 6.45) is 1.20. The van der Waals surface area contributed by atoms with Gasteiger partial charge in [-0.2, -0.15) is 0 Å². The normalized spacial score (nSPS) is 13.0. The lowest BCUT2D eigenvalue weighted by atomic mass is 10.1. The third-order valence-electron chi connectivity index (χ3n) is 3.76. The molecule has 0 saturated heterocycles. The lowest BCUT2D eigenvalue weighted by Gasteiger charge is -2.18. The van der Waals surface area contributed by atoms with Crippen molar-refractivity contribution >= 4 is 39.8 Å². The van der Waals surface area contributed by atoms with Crippen molar-refractivity contribution in [3.63, 3.8) is 0 Å². The highest BCUT2D eigenvalue weighted by atomic mass is 127. The second-order valence-electron chi connectivity index (χ2n) is 7.14. The largest absolute Gasteiger partial charge is 0.493 e. The summed E-state index contributed by atoms with van der Waals surface area (Å²) in [5, 5.41) is 6.57. The third-order valence-corrected chi connectivity index (χ3v) is 4.67. The molecule has 7 nitrogen and oxygen atoms in total. The number of nitrogens with one attached hydrogen (secondary N) is 2. The minimum Gasteiger partial charge on any atom is -0.493 e. The van der Waals surface area contributed by atoms with Gasteiger partial charge in [-0.25, -0.2) is 8.42 Å². The summed E-state index contributed by atoms with van der Waals surface area (Å²) in [6.45, 7) is 10.8. The fraction of sp³-hybridized carbons (Fsp3) is 0.650. The van der Waals surface area contributed by atoms with Gasteiger partial charge >= 0.3 is 0 Å². The number of guanidine groups is 1.